The maximum atomic E-state index is 11.2. The van der Waals surface area contributed by atoms with Crippen LogP contribution in [0.3, 0.4) is 0 Å². The lowest BCUT2D eigenvalue weighted by molar-refractivity contribution is -0.122. The Morgan fingerprint density at radius 2 is 1.93 bits per heavy atom. The molecule has 0 atom stereocenters. The Hall–Kier alpha value is -0.370. The largest absolute Gasteiger partial charge is 0.303 e. The predicted octanol–water partition coefficient (Wildman–Crippen LogP) is 2.72. The molecule has 0 aliphatic carbocycles. The van der Waals surface area contributed by atoms with E-state index in [4.69, 9.17) is 0 Å². The van der Waals surface area contributed by atoms with Crippen molar-refractivity contribution in [2.24, 2.45) is 11.8 Å². The van der Waals surface area contributed by atoms with Gasteiger partial charge in [-0.15, -0.1) is 0 Å². The summed E-state index contributed by atoms with van der Waals surface area (Å²) in [6.07, 6.45) is 4.79. The van der Waals surface area contributed by atoms with E-state index < -0.39 is 0 Å². The van der Waals surface area contributed by atoms with E-state index in [9.17, 15) is 4.79 Å². The van der Waals surface area contributed by atoms with Gasteiger partial charge in [-0.1, -0.05) is 13.8 Å². The zero-order valence-electron chi connectivity index (χ0n) is 10.5. The standard InChI is InChI=1S/C13H25NO/c1-11(2)5-4-8-14-9-6-13(7-10-14)12(3)15/h11,13H,4-10H2,1-3H3. The van der Waals surface area contributed by atoms with Gasteiger partial charge in [-0.25, -0.2) is 0 Å². The lowest BCUT2D eigenvalue weighted by Crippen LogP contribution is -2.36. The number of Topliss-reactive ketones (excluding diaryl/α,β-unsaturated/α-hetero) is 1. The number of likely N-dealkylation sites (tertiary alicyclic amines) is 1. The highest BCUT2D eigenvalue weighted by molar-refractivity contribution is 5.78. The van der Waals surface area contributed by atoms with E-state index in [0.29, 0.717) is 11.7 Å². The second-order valence-corrected chi connectivity index (χ2v) is 5.26. The van der Waals surface area contributed by atoms with Crippen LogP contribution >= 0.6 is 0 Å². The molecule has 2 heteroatoms. The third-order valence-corrected chi connectivity index (χ3v) is 3.42. The summed E-state index contributed by atoms with van der Waals surface area (Å²) < 4.78 is 0. The van der Waals surface area contributed by atoms with Crippen LogP contribution in [0, 0.1) is 11.8 Å². The molecule has 0 N–H and O–H groups in total. The summed E-state index contributed by atoms with van der Waals surface area (Å²) in [5, 5.41) is 0. The first-order valence-corrected chi connectivity index (χ1v) is 6.32. The zero-order chi connectivity index (χ0) is 11.3. The topological polar surface area (TPSA) is 20.3 Å². The summed E-state index contributed by atoms with van der Waals surface area (Å²) in [6, 6.07) is 0. The summed E-state index contributed by atoms with van der Waals surface area (Å²) in [5.41, 5.74) is 0. The van der Waals surface area contributed by atoms with Crippen molar-refractivity contribution in [1.29, 1.82) is 0 Å². The van der Waals surface area contributed by atoms with Crippen LogP contribution in [0.2, 0.25) is 0 Å². The number of hydrogen-bond acceptors (Lipinski definition) is 2. The highest BCUT2D eigenvalue weighted by atomic mass is 16.1. The minimum absolute atomic E-state index is 0.353. The van der Waals surface area contributed by atoms with E-state index in [1.807, 2.05) is 0 Å². The first kappa shape index (κ1) is 12.7. The van der Waals surface area contributed by atoms with Crippen molar-refractivity contribution < 1.29 is 4.79 Å². The highest BCUT2D eigenvalue weighted by Gasteiger charge is 2.21. The van der Waals surface area contributed by atoms with Crippen LogP contribution < -0.4 is 0 Å². The second kappa shape index (κ2) is 6.26. The zero-order valence-corrected chi connectivity index (χ0v) is 10.5. The Morgan fingerprint density at radius 1 is 1.33 bits per heavy atom. The lowest BCUT2D eigenvalue weighted by Gasteiger charge is -2.30. The molecular formula is C13H25NO. The molecule has 0 saturated carbocycles. The monoisotopic (exact) mass is 211 g/mol. The summed E-state index contributed by atoms with van der Waals surface area (Å²) in [6.45, 7) is 9.77. The van der Waals surface area contributed by atoms with Crippen LogP contribution in [0.15, 0.2) is 0 Å². The number of carbonyl (C=O) groups excluding carboxylic acids is 1. The van der Waals surface area contributed by atoms with Crippen LogP contribution in [0.1, 0.15) is 46.5 Å². The Morgan fingerprint density at radius 3 is 2.40 bits per heavy atom. The van der Waals surface area contributed by atoms with Gasteiger partial charge in [0.2, 0.25) is 0 Å². The SMILES string of the molecule is CC(=O)C1CCN(CCCC(C)C)CC1. The van der Waals surface area contributed by atoms with Gasteiger partial charge in [-0.3, -0.25) is 4.79 Å². The second-order valence-electron chi connectivity index (χ2n) is 5.26. The predicted molar refractivity (Wildman–Crippen MR) is 63.9 cm³/mol. The molecule has 15 heavy (non-hydrogen) atoms. The molecular weight excluding hydrogens is 186 g/mol. The molecule has 0 radical (unpaired) electrons. The number of piperidine rings is 1. The van der Waals surface area contributed by atoms with E-state index in [2.05, 4.69) is 18.7 Å². The first-order chi connectivity index (χ1) is 7.09. The van der Waals surface area contributed by atoms with Crippen molar-refractivity contribution in [2.75, 3.05) is 19.6 Å². The van der Waals surface area contributed by atoms with Crippen molar-refractivity contribution in [3.63, 3.8) is 0 Å². The minimum atomic E-state index is 0.353. The van der Waals surface area contributed by atoms with Crippen molar-refractivity contribution in [2.45, 2.75) is 46.5 Å². The van der Waals surface area contributed by atoms with E-state index in [-0.39, 0.29) is 0 Å². The molecule has 0 amide bonds. The van der Waals surface area contributed by atoms with Gasteiger partial charge in [-0.2, -0.15) is 0 Å². The van der Waals surface area contributed by atoms with Gasteiger partial charge in [0.25, 0.3) is 0 Å². The Kier molecular flexibility index (Phi) is 5.30. The van der Waals surface area contributed by atoms with E-state index >= 15 is 0 Å². The minimum Gasteiger partial charge on any atom is -0.303 e. The van der Waals surface area contributed by atoms with E-state index in [1.54, 1.807) is 6.92 Å². The molecule has 1 heterocycles. The van der Waals surface area contributed by atoms with Crippen LogP contribution in [0.4, 0.5) is 0 Å². The fraction of sp³-hybridized carbons (Fsp3) is 0.923. The summed E-state index contributed by atoms with van der Waals surface area (Å²) in [7, 11) is 0. The molecule has 0 aromatic carbocycles. The van der Waals surface area contributed by atoms with Gasteiger partial charge >= 0.3 is 0 Å². The average molecular weight is 211 g/mol. The number of nitrogens with zero attached hydrogens (tertiary/aromatic N) is 1. The molecule has 1 fully saturated rings. The van der Waals surface area contributed by atoms with Crippen LogP contribution in [0.25, 0.3) is 0 Å². The molecule has 1 rings (SSSR count). The van der Waals surface area contributed by atoms with Crippen LogP contribution in [-0.2, 0) is 4.79 Å². The van der Waals surface area contributed by atoms with Crippen molar-refractivity contribution in [1.82, 2.24) is 4.90 Å². The normalized spacial score (nSPS) is 19.7. The molecule has 0 aromatic heterocycles. The van der Waals surface area contributed by atoms with Crippen LogP contribution in [-0.4, -0.2) is 30.3 Å². The Labute approximate surface area is 94.0 Å². The quantitative estimate of drug-likeness (QED) is 0.697. The van der Waals surface area contributed by atoms with Crippen molar-refractivity contribution in [3.05, 3.63) is 0 Å². The number of rotatable bonds is 5. The molecule has 1 aliphatic rings. The molecule has 0 unspecified atom stereocenters. The van der Waals surface area contributed by atoms with Gasteiger partial charge in [0.05, 0.1) is 0 Å². The summed E-state index contributed by atoms with van der Waals surface area (Å²) >= 11 is 0. The van der Waals surface area contributed by atoms with Crippen molar-refractivity contribution >= 4 is 5.78 Å². The smallest absolute Gasteiger partial charge is 0.133 e. The van der Waals surface area contributed by atoms with E-state index in [0.717, 1.165) is 31.8 Å². The third-order valence-electron chi connectivity index (χ3n) is 3.42. The van der Waals surface area contributed by atoms with Gasteiger partial charge in [0.15, 0.2) is 0 Å². The molecule has 0 spiro atoms. The first-order valence-electron chi connectivity index (χ1n) is 6.32. The number of carbonyl (C=O) groups is 1. The molecule has 0 aromatic rings. The molecule has 0 bridgehead atoms. The fourth-order valence-electron chi connectivity index (χ4n) is 2.29. The fourth-order valence-corrected chi connectivity index (χ4v) is 2.29. The highest BCUT2D eigenvalue weighted by Crippen LogP contribution is 2.18. The molecule has 1 saturated heterocycles. The molecule has 1 aliphatic heterocycles. The lowest BCUT2D eigenvalue weighted by atomic mass is 9.93. The maximum absolute atomic E-state index is 11.2. The van der Waals surface area contributed by atoms with Crippen molar-refractivity contribution in [3.8, 4) is 0 Å². The van der Waals surface area contributed by atoms with Gasteiger partial charge < -0.3 is 4.90 Å². The summed E-state index contributed by atoms with van der Waals surface area (Å²) in [4.78, 5) is 13.7. The molecule has 2 nitrogen and oxygen atoms in total. The molecule has 88 valence electrons. The maximum Gasteiger partial charge on any atom is 0.133 e. The van der Waals surface area contributed by atoms with Gasteiger partial charge in [0.1, 0.15) is 5.78 Å². The summed E-state index contributed by atoms with van der Waals surface area (Å²) in [5.74, 6) is 1.56. The average Bonchev–Trinajstić information content (AvgIpc) is 2.18. The number of ketones is 1. The Bertz CT molecular complexity index is 193. The van der Waals surface area contributed by atoms with E-state index in [1.165, 1.54) is 19.4 Å². The van der Waals surface area contributed by atoms with Gasteiger partial charge in [-0.05, 0) is 58.2 Å². The number of hydrogen-bond donors (Lipinski definition) is 0. The third kappa shape index (κ3) is 4.78. The Balaban J connectivity index is 2.12. The van der Waals surface area contributed by atoms with Crippen LogP contribution in [0.5, 0.6) is 0 Å². The van der Waals surface area contributed by atoms with Gasteiger partial charge in [0, 0.05) is 5.92 Å².